The maximum atomic E-state index is 11.7. The van der Waals surface area contributed by atoms with E-state index < -0.39 is 17.7 Å². The van der Waals surface area contributed by atoms with Gasteiger partial charge in [0.1, 0.15) is 11.9 Å². The van der Waals surface area contributed by atoms with Gasteiger partial charge in [0, 0.05) is 23.5 Å². The van der Waals surface area contributed by atoms with Crippen LogP contribution in [0.4, 0.5) is 4.79 Å². The van der Waals surface area contributed by atoms with Gasteiger partial charge in [-0.25, -0.2) is 4.79 Å². The van der Waals surface area contributed by atoms with E-state index in [0.717, 1.165) is 22.8 Å². The number of aromatic amines is 1. The smallest absolute Gasteiger partial charge is 0.408 e. The van der Waals surface area contributed by atoms with E-state index in [2.05, 4.69) is 10.3 Å². The Morgan fingerprint density at radius 2 is 2.10 bits per heavy atom. The molecule has 2 rings (SSSR count). The summed E-state index contributed by atoms with van der Waals surface area (Å²) in [5, 5.41) is 3.63. The molecular weight excluding hydrogens is 268 g/mol. The number of aromatic nitrogens is 1. The lowest BCUT2D eigenvalue weighted by atomic mass is 10.1. The van der Waals surface area contributed by atoms with Gasteiger partial charge >= 0.3 is 6.09 Å². The number of rotatable bonds is 4. The zero-order valence-corrected chi connectivity index (χ0v) is 12.5. The van der Waals surface area contributed by atoms with Crippen molar-refractivity contribution in [1.29, 1.82) is 0 Å². The van der Waals surface area contributed by atoms with E-state index in [-0.39, 0.29) is 0 Å². The largest absolute Gasteiger partial charge is 0.444 e. The van der Waals surface area contributed by atoms with Crippen LogP contribution in [0.15, 0.2) is 30.5 Å². The molecule has 5 nitrogen and oxygen atoms in total. The second-order valence-electron chi connectivity index (χ2n) is 5.95. The van der Waals surface area contributed by atoms with E-state index >= 15 is 0 Å². The average molecular weight is 288 g/mol. The van der Waals surface area contributed by atoms with Crippen molar-refractivity contribution in [2.24, 2.45) is 0 Å². The quantitative estimate of drug-likeness (QED) is 0.850. The molecule has 1 aromatic carbocycles. The number of hydrogen-bond acceptors (Lipinski definition) is 3. The highest BCUT2D eigenvalue weighted by Gasteiger charge is 2.20. The van der Waals surface area contributed by atoms with Crippen molar-refractivity contribution in [1.82, 2.24) is 10.3 Å². The van der Waals surface area contributed by atoms with E-state index in [9.17, 15) is 9.59 Å². The van der Waals surface area contributed by atoms with Crippen LogP contribution in [-0.4, -0.2) is 29.0 Å². The Hall–Kier alpha value is -2.30. The van der Waals surface area contributed by atoms with Crippen molar-refractivity contribution in [3.8, 4) is 0 Å². The number of nitrogens with one attached hydrogen (secondary N) is 2. The standard InChI is InChI=1S/C16H20N2O3/c1-16(2,3)21-15(20)18-12(10-19)8-11-9-17-14-7-5-4-6-13(11)14/h4-7,9-10,12,17H,8H2,1-3H3,(H,18,20)/t12-/m0/s1. The van der Waals surface area contributed by atoms with Crippen molar-refractivity contribution in [2.45, 2.75) is 38.8 Å². The van der Waals surface area contributed by atoms with Crippen molar-refractivity contribution >= 4 is 23.3 Å². The Kier molecular flexibility index (Phi) is 4.31. The van der Waals surface area contributed by atoms with E-state index in [4.69, 9.17) is 4.74 Å². The predicted octanol–water partition coefficient (Wildman–Crippen LogP) is 2.80. The summed E-state index contributed by atoms with van der Waals surface area (Å²) in [6.07, 6.45) is 2.43. The van der Waals surface area contributed by atoms with E-state index in [1.807, 2.05) is 30.5 Å². The van der Waals surface area contributed by atoms with Crippen LogP contribution < -0.4 is 5.32 Å². The molecule has 0 aliphatic heterocycles. The van der Waals surface area contributed by atoms with Gasteiger partial charge in [0.05, 0.1) is 6.04 Å². The molecule has 5 heteroatoms. The highest BCUT2D eigenvalue weighted by Crippen LogP contribution is 2.19. The minimum Gasteiger partial charge on any atom is -0.444 e. The number of benzene rings is 1. The lowest BCUT2D eigenvalue weighted by Gasteiger charge is -2.21. The SMILES string of the molecule is CC(C)(C)OC(=O)N[C@H](C=O)Cc1c[nH]c2ccccc12. The van der Waals surface area contributed by atoms with Crippen molar-refractivity contribution in [3.63, 3.8) is 0 Å². The third kappa shape index (κ3) is 4.08. The second kappa shape index (κ2) is 5.99. The van der Waals surface area contributed by atoms with E-state index in [0.29, 0.717) is 6.42 Å². The number of carbonyl (C=O) groups is 2. The highest BCUT2D eigenvalue weighted by molar-refractivity contribution is 5.84. The fourth-order valence-corrected chi connectivity index (χ4v) is 2.13. The molecule has 0 bridgehead atoms. The average Bonchev–Trinajstić information content (AvgIpc) is 2.79. The van der Waals surface area contributed by atoms with E-state index in [1.165, 1.54) is 0 Å². The number of amides is 1. The van der Waals surface area contributed by atoms with Crippen LogP contribution >= 0.6 is 0 Å². The van der Waals surface area contributed by atoms with Crippen LogP contribution in [0.5, 0.6) is 0 Å². The normalized spacial score (nSPS) is 12.9. The molecule has 0 radical (unpaired) electrons. The molecule has 1 aromatic heterocycles. The van der Waals surface area contributed by atoms with Crippen molar-refractivity contribution in [3.05, 3.63) is 36.0 Å². The lowest BCUT2D eigenvalue weighted by Crippen LogP contribution is -2.41. The minimum atomic E-state index is -0.612. The Morgan fingerprint density at radius 1 is 1.38 bits per heavy atom. The van der Waals surface area contributed by atoms with Gasteiger partial charge in [-0.15, -0.1) is 0 Å². The first kappa shape index (κ1) is 15.1. The van der Waals surface area contributed by atoms with Gasteiger partial charge < -0.3 is 19.8 Å². The van der Waals surface area contributed by atoms with Crippen LogP contribution in [0, 0.1) is 0 Å². The third-order valence-electron chi connectivity index (χ3n) is 2.98. The third-order valence-corrected chi connectivity index (χ3v) is 2.98. The van der Waals surface area contributed by atoms with Gasteiger partial charge in [-0.3, -0.25) is 0 Å². The summed E-state index contributed by atoms with van der Waals surface area (Å²) in [4.78, 5) is 26.1. The molecular formula is C16H20N2O3. The van der Waals surface area contributed by atoms with Crippen LogP contribution in [0.25, 0.3) is 10.9 Å². The van der Waals surface area contributed by atoms with Gasteiger partial charge in [-0.05, 0) is 32.4 Å². The van der Waals surface area contributed by atoms with Crippen LogP contribution in [-0.2, 0) is 16.0 Å². The Morgan fingerprint density at radius 3 is 2.76 bits per heavy atom. The summed E-state index contributed by atoms with van der Waals surface area (Å²) >= 11 is 0. The molecule has 0 saturated carbocycles. The van der Waals surface area contributed by atoms with Crippen LogP contribution in [0.3, 0.4) is 0 Å². The predicted molar refractivity (Wildman–Crippen MR) is 81.2 cm³/mol. The monoisotopic (exact) mass is 288 g/mol. The summed E-state index contributed by atoms with van der Waals surface area (Å²) < 4.78 is 5.16. The Labute approximate surface area is 123 Å². The number of hydrogen-bond donors (Lipinski definition) is 2. The van der Waals surface area contributed by atoms with Gasteiger partial charge in [0.25, 0.3) is 0 Å². The molecule has 2 N–H and O–H groups in total. The molecule has 0 spiro atoms. The zero-order valence-electron chi connectivity index (χ0n) is 12.5. The zero-order chi connectivity index (χ0) is 15.5. The summed E-state index contributed by atoms with van der Waals surface area (Å²) in [6.45, 7) is 5.34. The maximum absolute atomic E-state index is 11.7. The number of aldehydes is 1. The molecule has 0 saturated heterocycles. The Balaban J connectivity index is 2.06. The number of ether oxygens (including phenoxy) is 1. The highest BCUT2D eigenvalue weighted by atomic mass is 16.6. The summed E-state index contributed by atoms with van der Waals surface area (Å²) in [5.74, 6) is 0. The lowest BCUT2D eigenvalue weighted by molar-refractivity contribution is -0.109. The molecule has 0 aliphatic rings. The summed E-state index contributed by atoms with van der Waals surface area (Å²) in [5.41, 5.74) is 1.41. The number of para-hydroxylation sites is 1. The first-order valence-corrected chi connectivity index (χ1v) is 6.89. The molecule has 1 atom stereocenters. The van der Waals surface area contributed by atoms with Gasteiger partial charge in [0.15, 0.2) is 0 Å². The van der Waals surface area contributed by atoms with Gasteiger partial charge in [0.2, 0.25) is 0 Å². The molecule has 0 unspecified atom stereocenters. The number of fused-ring (bicyclic) bond motifs is 1. The molecule has 0 aliphatic carbocycles. The maximum Gasteiger partial charge on any atom is 0.408 e. The molecule has 1 amide bonds. The minimum absolute atomic E-state index is 0.423. The number of carbonyl (C=O) groups excluding carboxylic acids is 2. The fourth-order valence-electron chi connectivity index (χ4n) is 2.13. The summed E-state index contributed by atoms with van der Waals surface area (Å²) in [6, 6.07) is 7.22. The van der Waals surface area contributed by atoms with Crippen LogP contribution in [0.1, 0.15) is 26.3 Å². The summed E-state index contributed by atoms with van der Waals surface area (Å²) in [7, 11) is 0. The Bertz CT molecular complexity index is 640. The van der Waals surface area contributed by atoms with E-state index in [1.54, 1.807) is 20.8 Å². The first-order chi connectivity index (χ1) is 9.89. The van der Waals surface area contributed by atoms with Gasteiger partial charge in [-0.1, -0.05) is 18.2 Å². The molecule has 2 aromatic rings. The molecule has 0 fully saturated rings. The fraction of sp³-hybridized carbons (Fsp3) is 0.375. The second-order valence-corrected chi connectivity index (χ2v) is 5.95. The molecule has 21 heavy (non-hydrogen) atoms. The topological polar surface area (TPSA) is 71.2 Å². The molecule has 112 valence electrons. The first-order valence-electron chi connectivity index (χ1n) is 6.89. The van der Waals surface area contributed by atoms with Crippen molar-refractivity contribution < 1.29 is 14.3 Å². The number of H-pyrrole nitrogens is 1. The van der Waals surface area contributed by atoms with Crippen molar-refractivity contribution in [2.75, 3.05) is 0 Å². The van der Waals surface area contributed by atoms with Gasteiger partial charge in [-0.2, -0.15) is 0 Å². The molecule has 1 heterocycles. The number of alkyl carbamates (subject to hydrolysis) is 1. The van der Waals surface area contributed by atoms with Crippen LogP contribution in [0.2, 0.25) is 0 Å².